The molecule has 8 heteroatoms. The van der Waals surface area contributed by atoms with Crippen molar-refractivity contribution in [3.63, 3.8) is 0 Å². The molecule has 1 saturated carbocycles. The second kappa shape index (κ2) is 5.39. The molecule has 1 aromatic heterocycles. The molecule has 3 unspecified atom stereocenters. The molecule has 2 aliphatic carbocycles. The molecule has 4 aliphatic rings. The lowest BCUT2D eigenvalue weighted by Gasteiger charge is -2.36. The normalized spacial score (nSPS) is 30.1. The number of alkyl halides is 1. The lowest BCUT2D eigenvalue weighted by Crippen LogP contribution is -2.46. The van der Waals surface area contributed by atoms with Crippen molar-refractivity contribution in [1.29, 1.82) is 0 Å². The second-order valence-electron chi connectivity index (χ2n) is 7.66. The summed E-state index contributed by atoms with van der Waals surface area (Å²) >= 11 is 0. The fraction of sp³-hybridized carbons (Fsp3) is 0.556. The molecular weight excluding hydrogens is 344 g/mol. The van der Waals surface area contributed by atoms with Crippen LogP contribution in [0.2, 0.25) is 0 Å². The highest BCUT2D eigenvalue weighted by Crippen LogP contribution is 2.43. The van der Waals surface area contributed by atoms with Crippen molar-refractivity contribution in [3.05, 3.63) is 38.9 Å². The van der Waals surface area contributed by atoms with Crippen LogP contribution in [-0.4, -0.2) is 51.9 Å². The Morgan fingerprint density at radius 2 is 2.08 bits per heavy atom. The van der Waals surface area contributed by atoms with Crippen LogP contribution >= 0.6 is 0 Å². The summed E-state index contributed by atoms with van der Waals surface area (Å²) in [4.78, 5) is 25.7. The Morgan fingerprint density at radius 3 is 2.65 bits per heavy atom. The zero-order valence-corrected chi connectivity index (χ0v) is 14.0. The Morgan fingerprint density at radius 1 is 1.31 bits per heavy atom. The van der Waals surface area contributed by atoms with Gasteiger partial charge in [0.2, 0.25) is 0 Å². The Balaban J connectivity index is 1.70. The van der Waals surface area contributed by atoms with Crippen molar-refractivity contribution in [3.8, 4) is 0 Å². The van der Waals surface area contributed by atoms with Crippen LogP contribution < -0.4 is 10.7 Å². The minimum Gasteiger partial charge on any atom is -0.477 e. The molecule has 2 saturated heterocycles. The van der Waals surface area contributed by atoms with E-state index >= 15 is 4.39 Å². The summed E-state index contributed by atoms with van der Waals surface area (Å²) in [6, 6.07) is 0.288. The van der Waals surface area contributed by atoms with Gasteiger partial charge in [0.05, 0.1) is 11.4 Å². The first-order chi connectivity index (χ1) is 12.5. The van der Waals surface area contributed by atoms with Gasteiger partial charge in [0.25, 0.3) is 0 Å². The molecule has 3 fully saturated rings. The van der Waals surface area contributed by atoms with Crippen molar-refractivity contribution in [2.75, 3.05) is 13.1 Å². The molecule has 3 atom stereocenters. The number of carboxylic acid groups (broad SMARTS) is 1. The monoisotopic (exact) mass is 363 g/mol. The SMILES string of the molecule is O=C(O)c1cn(C2CC2)c2c(c1=O)CC(F)C(N1CC3CC1CN3)=C2F. The third-order valence-corrected chi connectivity index (χ3v) is 5.98. The van der Waals surface area contributed by atoms with E-state index in [0.717, 1.165) is 19.3 Å². The Hall–Kier alpha value is -2.22. The maximum absolute atomic E-state index is 15.5. The molecule has 0 radical (unpaired) electrons. The van der Waals surface area contributed by atoms with Gasteiger partial charge in [-0.1, -0.05) is 0 Å². The number of allylic oxidation sites excluding steroid dienone is 1. The highest BCUT2D eigenvalue weighted by Gasteiger charge is 2.45. The molecule has 0 aromatic carbocycles. The maximum atomic E-state index is 15.5. The van der Waals surface area contributed by atoms with Crippen molar-refractivity contribution in [2.45, 2.75) is 50.0 Å². The van der Waals surface area contributed by atoms with Gasteiger partial charge in [-0.05, 0) is 19.3 Å². The molecule has 0 amide bonds. The van der Waals surface area contributed by atoms with Gasteiger partial charge in [-0.3, -0.25) is 4.79 Å². The highest BCUT2D eigenvalue weighted by atomic mass is 19.1. The van der Waals surface area contributed by atoms with E-state index in [2.05, 4.69) is 5.32 Å². The molecule has 0 spiro atoms. The smallest absolute Gasteiger partial charge is 0.341 e. The molecule has 26 heavy (non-hydrogen) atoms. The van der Waals surface area contributed by atoms with Crippen LogP contribution in [0.5, 0.6) is 0 Å². The fourth-order valence-electron chi connectivity index (χ4n) is 4.61. The predicted molar refractivity (Wildman–Crippen MR) is 89.5 cm³/mol. The average molecular weight is 363 g/mol. The number of nitrogens with zero attached hydrogens (tertiary/aromatic N) is 2. The van der Waals surface area contributed by atoms with Crippen LogP contribution in [0.1, 0.15) is 46.9 Å². The van der Waals surface area contributed by atoms with Crippen molar-refractivity contribution >= 4 is 11.8 Å². The van der Waals surface area contributed by atoms with Crippen molar-refractivity contribution < 1.29 is 18.7 Å². The molecule has 1 aromatic rings. The van der Waals surface area contributed by atoms with Crippen LogP contribution in [0.25, 0.3) is 5.83 Å². The van der Waals surface area contributed by atoms with Crippen molar-refractivity contribution in [2.24, 2.45) is 0 Å². The van der Waals surface area contributed by atoms with E-state index in [9.17, 15) is 19.1 Å². The Bertz CT molecular complexity index is 906. The van der Waals surface area contributed by atoms with Crippen molar-refractivity contribution in [1.82, 2.24) is 14.8 Å². The number of pyridine rings is 1. The number of carbonyl (C=O) groups is 1. The first kappa shape index (κ1) is 16.0. The standard InChI is InChI=1S/C18H19F2N3O3/c19-13-4-11-15(14(20)16(13)22-6-8-3-10(22)5-21-8)23(9-1-2-9)7-12(17(11)24)18(25)26/h7-10,13,21H,1-6H2,(H,25,26). The fourth-order valence-corrected chi connectivity index (χ4v) is 4.61. The van der Waals surface area contributed by atoms with E-state index in [1.165, 1.54) is 6.20 Å². The summed E-state index contributed by atoms with van der Waals surface area (Å²) in [6.45, 7) is 1.26. The number of piperazine rings is 1. The first-order valence-corrected chi connectivity index (χ1v) is 9.01. The van der Waals surface area contributed by atoms with E-state index in [4.69, 9.17) is 0 Å². The van der Waals surface area contributed by atoms with E-state index < -0.39 is 29.0 Å². The predicted octanol–water partition coefficient (Wildman–Crippen LogP) is 1.46. The Kier molecular flexibility index (Phi) is 3.31. The van der Waals surface area contributed by atoms with E-state index in [-0.39, 0.29) is 41.5 Å². The Labute approximate surface area is 148 Å². The quantitative estimate of drug-likeness (QED) is 0.851. The molecular formula is C18H19F2N3O3. The van der Waals surface area contributed by atoms with Gasteiger partial charge >= 0.3 is 5.97 Å². The van der Waals surface area contributed by atoms with Gasteiger partial charge in [0.15, 0.2) is 11.3 Å². The number of hydrogen-bond donors (Lipinski definition) is 2. The van der Waals surface area contributed by atoms with Crippen LogP contribution in [0.3, 0.4) is 0 Å². The van der Waals surface area contributed by atoms with Crippen LogP contribution in [0, 0.1) is 0 Å². The number of likely N-dealkylation sites (tertiary alicyclic amines) is 1. The number of halogens is 2. The molecule has 3 heterocycles. The van der Waals surface area contributed by atoms with Gasteiger partial charge in [-0.2, -0.15) is 0 Å². The largest absolute Gasteiger partial charge is 0.477 e. The summed E-state index contributed by atoms with van der Waals surface area (Å²) in [5, 5.41) is 12.6. The lowest BCUT2D eigenvalue weighted by molar-refractivity contribution is 0.0694. The second-order valence-corrected chi connectivity index (χ2v) is 7.66. The number of aromatic nitrogens is 1. The maximum Gasteiger partial charge on any atom is 0.341 e. The third kappa shape index (κ3) is 2.17. The molecule has 5 rings (SSSR count). The minimum absolute atomic E-state index is 0.0256. The van der Waals surface area contributed by atoms with Gasteiger partial charge < -0.3 is 19.9 Å². The summed E-state index contributed by atoms with van der Waals surface area (Å²) in [7, 11) is 0. The third-order valence-electron chi connectivity index (χ3n) is 5.98. The van der Waals surface area contributed by atoms with E-state index in [1.54, 1.807) is 9.47 Å². The van der Waals surface area contributed by atoms with Crippen LogP contribution in [-0.2, 0) is 6.42 Å². The van der Waals surface area contributed by atoms with E-state index in [1.807, 2.05) is 0 Å². The summed E-state index contributed by atoms with van der Waals surface area (Å²) in [6.07, 6.45) is 1.79. The zero-order valence-electron chi connectivity index (χ0n) is 14.0. The topological polar surface area (TPSA) is 74.6 Å². The van der Waals surface area contributed by atoms with Gasteiger partial charge in [-0.25, -0.2) is 13.6 Å². The number of fused-ring (bicyclic) bond motifs is 3. The van der Waals surface area contributed by atoms with Gasteiger partial charge in [0.1, 0.15) is 11.7 Å². The average Bonchev–Trinajstić information content (AvgIpc) is 3.22. The molecule has 2 N–H and O–H groups in total. The zero-order chi connectivity index (χ0) is 18.2. The molecule has 2 bridgehead atoms. The number of rotatable bonds is 3. The molecule has 2 aliphatic heterocycles. The summed E-state index contributed by atoms with van der Waals surface area (Å²) in [5.41, 5.74) is -1.12. The lowest BCUT2D eigenvalue weighted by atomic mass is 9.93. The summed E-state index contributed by atoms with van der Waals surface area (Å²) < 4.78 is 32.0. The molecule has 138 valence electrons. The number of carboxylic acids is 1. The van der Waals surface area contributed by atoms with Gasteiger partial charge in [0, 0.05) is 49.4 Å². The van der Waals surface area contributed by atoms with Crippen LogP contribution in [0.4, 0.5) is 8.78 Å². The first-order valence-electron chi connectivity index (χ1n) is 9.01. The van der Waals surface area contributed by atoms with Crippen LogP contribution in [0.15, 0.2) is 16.7 Å². The number of hydrogen-bond acceptors (Lipinski definition) is 4. The van der Waals surface area contributed by atoms with E-state index in [0.29, 0.717) is 13.1 Å². The number of nitrogens with one attached hydrogen (secondary N) is 1. The molecule has 6 nitrogen and oxygen atoms in total. The summed E-state index contributed by atoms with van der Waals surface area (Å²) in [5.74, 6) is -2.06. The highest BCUT2D eigenvalue weighted by molar-refractivity contribution is 5.88. The minimum atomic E-state index is -1.63. The van der Waals surface area contributed by atoms with Gasteiger partial charge in [-0.15, -0.1) is 0 Å². The number of aromatic carboxylic acids is 1.